The van der Waals surface area contributed by atoms with Crippen LogP contribution in [0.1, 0.15) is 63.4 Å². The smallest absolute Gasteiger partial charge is 0.338 e. The van der Waals surface area contributed by atoms with Crippen molar-refractivity contribution in [1.29, 1.82) is 0 Å². The molecular weight excluding hydrogens is 759 g/mol. The van der Waals surface area contributed by atoms with E-state index < -0.39 is 88.1 Å². The molecule has 2 bridgehead atoms. The highest BCUT2D eigenvalue weighted by atomic mass is 16.6. The average molecular weight is 810 g/mol. The summed E-state index contributed by atoms with van der Waals surface area (Å²) in [6, 6.07) is 21.6. The molecule has 3 aliphatic carbocycles. The molecule has 0 spiro atoms. The third-order valence-corrected chi connectivity index (χ3v) is 13.0. The van der Waals surface area contributed by atoms with Gasteiger partial charge in [0.05, 0.1) is 36.2 Å². The van der Waals surface area contributed by atoms with E-state index in [1.165, 1.54) is 32.1 Å². The molecule has 1 saturated heterocycles. The van der Waals surface area contributed by atoms with Crippen LogP contribution in [0.5, 0.6) is 0 Å². The highest BCUT2D eigenvalue weighted by molar-refractivity contribution is 5.96. The van der Waals surface area contributed by atoms with Crippen LogP contribution in [0.25, 0.3) is 16.8 Å². The van der Waals surface area contributed by atoms with Crippen LogP contribution in [0.4, 0.5) is 0 Å². The van der Waals surface area contributed by atoms with Gasteiger partial charge in [-0.2, -0.15) is 0 Å². The number of ether oxygens (including phenoxy) is 5. The Labute approximate surface area is 342 Å². The summed E-state index contributed by atoms with van der Waals surface area (Å²) in [5.74, 6) is -5.38. The summed E-state index contributed by atoms with van der Waals surface area (Å²) in [7, 11) is 3.31. The Balaban J connectivity index is 1.41. The molecule has 3 aromatic carbocycles. The zero-order chi connectivity index (χ0) is 42.7. The van der Waals surface area contributed by atoms with Crippen molar-refractivity contribution in [2.45, 2.75) is 89.2 Å². The van der Waals surface area contributed by atoms with Gasteiger partial charge in [-0.3, -0.25) is 19.3 Å². The normalized spacial score (nSPS) is 32.3. The molecule has 1 heterocycles. The zero-order valence-electron chi connectivity index (χ0n) is 34.3. The van der Waals surface area contributed by atoms with E-state index in [0.717, 1.165) is 16.3 Å². The van der Waals surface area contributed by atoms with Crippen molar-refractivity contribution in [3.8, 4) is 0 Å². The zero-order valence-corrected chi connectivity index (χ0v) is 34.3. The lowest BCUT2D eigenvalue weighted by Crippen LogP contribution is -2.82. The van der Waals surface area contributed by atoms with Crippen LogP contribution < -0.4 is 0 Å². The molecule has 2 saturated carbocycles. The Morgan fingerprint density at radius 3 is 2.25 bits per heavy atom. The van der Waals surface area contributed by atoms with Crippen molar-refractivity contribution in [3.63, 3.8) is 0 Å². The van der Waals surface area contributed by atoms with Crippen LogP contribution >= 0.6 is 0 Å². The molecule has 59 heavy (non-hydrogen) atoms. The Morgan fingerprint density at radius 1 is 0.932 bits per heavy atom. The Hall–Kier alpha value is -5.21. The van der Waals surface area contributed by atoms with Gasteiger partial charge in [-0.15, -0.1) is 0 Å². The van der Waals surface area contributed by atoms with Gasteiger partial charge in [0.25, 0.3) is 0 Å². The second kappa shape index (κ2) is 15.4. The first-order valence-corrected chi connectivity index (χ1v) is 19.8. The number of hydrogen-bond donors (Lipinski definition) is 2. The maximum Gasteiger partial charge on any atom is 0.338 e. The number of likely N-dealkylation sites (N-methyl/N-ethyl adjacent to an activating group) is 1. The minimum Gasteiger partial charge on any atom is -0.455 e. The number of benzene rings is 3. The first kappa shape index (κ1) is 41.9. The molecule has 0 amide bonds. The first-order chi connectivity index (χ1) is 27.8. The molecule has 13 nitrogen and oxygen atoms in total. The van der Waals surface area contributed by atoms with Gasteiger partial charge in [0, 0.05) is 31.3 Å². The summed E-state index contributed by atoms with van der Waals surface area (Å²) in [5, 5.41) is 27.8. The number of ketones is 1. The van der Waals surface area contributed by atoms with Gasteiger partial charge in [0.15, 0.2) is 17.5 Å². The summed E-state index contributed by atoms with van der Waals surface area (Å²) in [5.41, 5.74) is -6.16. The lowest BCUT2D eigenvalue weighted by Gasteiger charge is -2.67. The molecule has 312 valence electrons. The van der Waals surface area contributed by atoms with E-state index in [1.54, 1.807) is 64.0 Å². The number of hydrogen-bond acceptors (Lipinski definition) is 13. The number of rotatable bonds is 9. The summed E-state index contributed by atoms with van der Waals surface area (Å²) in [4.78, 5) is 71.8. The van der Waals surface area contributed by atoms with E-state index in [-0.39, 0.29) is 37.1 Å². The fraction of sp³-hybridized carbons (Fsp3) is 0.457. The monoisotopic (exact) mass is 809 g/mol. The van der Waals surface area contributed by atoms with Crippen molar-refractivity contribution in [1.82, 2.24) is 4.90 Å². The number of aliphatic hydroxyl groups is 2. The fourth-order valence-electron chi connectivity index (χ4n) is 9.93. The Kier molecular flexibility index (Phi) is 11.0. The predicted molar refractivity (Wildman–Crippen MR) is 214 cm³/mol. The number of esters is 4. The minimum atomic E-state index is -2.25. The van der Waals surface area contributed by atoms with E-state index >= 15 is 4.79 Å². The average Bonchev–Trinajstić information content (AvgIpc) is 3.18. The molecule has 2 N–H and O–H groups in total. The predicted octanol–water partition coefficient (Wildman–Crippen LogP) is 4.61. The molecule has 4 aliphatic rings. The summed E-state index contributed by atoms with van der Waals surface area (Å²) in [6.07, 6.45) is -4.81. The maximum atomic E-state index is 15.6. The van der Waals surface area contributed by atoms with E-state index in [4.69, 9.17) is 23.7 Å². The Bertz CT molecular complexity index is 2250. The van der Waals surface area contributed by atoms with Crippen molar-refractivity contribution < 1.29 is 57.9 Å². The molecule has 13 heteroatoms. The number of fused-ring (bicyclic) bond motifs is 6. The second-order valence-corrected chi connectivity index (χ2v) is 17.2. The van der Waals surface area contributed by atoms with Crippen LogP contribution in [-0.4, -0.2) is 114 Å². The third kappa shape index (κ3) is 7.07. The van der Waals surface area contributed by atoms with Crippen LogP contribution in [-0.2, 0) is 42.9 Å². The summed E-state index contributed by atoms with van der Waals surface area (Å²) < 4.78 is 30.7. The summed E-state index contributed by atoms with van der Waals surface area (Å²) in [6.45, 7) is 7.11. The van der Waals surface area contributed by atoms with Gasteiger partial charge in [-0.1, -0.05) is 68.4 Å². The molecule has 0 unspecified atom stereocenters. The lowest BCUT2D eigenvalue weighted by molar-refractivity contribution is -0.346. The second-order valence-electron chi connectivity index (χ2n) is 17.2. The third-order valence-electron chi connectivity index (χ3n) is 13.0. The van der Waals surface area contributed by atoms with Gasteiger partial charge in [0.2, 0.25) is 0 Å². The van der Waals surface area contributed by atoms with Gasteiger partial charge in [-0.25, -0.2) is 9.59 Å². The first-order valence-electron chi connectivity index (χ1n) is 19.8. The molecule has 1 aliphatic heterocycles. The van der Waals surface area contributed by atoms with Crippen LogP contribution in [0.3, 0.4) is 0 Å². The fourth-order valence-corrected chi connectivity index (χ4v) is 9.93. The number of aliphatic hydroxyl groups excluding tert-OH is 1. The molecule has 3 aromatic rings. The molecule has 3 fully saturated rings. The molecule has 9 atom stereocenters. The standard InChI is InChI=1S/C46H51NO12/c1-26-32(56-35(50)20-18-28-17-19-29-13-11-12-16-31(29)21-28)23-46(54)41(58-42(53)30-14-9-8-10-15-30)39-44(5,33(49)22-34-45(39,25-55-34)59-27(2)48)40(52)38(37(26)43(46,3)4)57-36(51)24-47(6)7/h8-21,32-34,38-39,41,49,54H,22-25H2,1-7H3/b20-18+/t32-,33-,34+,38+,39-,41-,44+,45-,46+/m0/s1. The summed E-state index contributed by atoms with van der Waals surface area (Å²) >= 11 is 0. The van der Waals surface area contributed by atoms with Gasteiger partial charge >= 0.3 is 23.9 Å². The van der Waals surface area contributed by atoms with Crippen LogP contribution in [0.15, 0.2) is 90.0 Å². The quantitative estimate of drug-likeness (QED) is 0.133. The number of nitrogens with zero attached hydrogens (tertiary/aromatic N) is 1. The van der Waals surface area contributed by atoms with Crippen molar-refractivity contribution in [2.75, 3.05) is 27.2 Å². The molecule has 0 aromatic heterocycles. The minimum absolute atomic E-state index is 0.126. The van der Waals surface area contributed by atoms with E-state index in [1.807, 2.05) is 42.5 Å². The van der Waals surface area contributed by atoms with Gasteiger partial charge < -0.3 is 33.9 Å². The van der Waals surface area contributed by atoms with Gasteiger partial charge in [0.1, 0.15) is 23.9 Å². The van der Waals surface area contributed by atoms with Crippen molar-refractivity contribution in [3.05, 3.63) is 101 Å². The molecule has 7 rings (SSSR count). The highest BCUT2D eigenvalue weighted by Crippen LogP contribution is 2.64. The largest absolute Gasteiger partial charge is 0.455 e. The number of Topliss-reactive ketones (excluding diaryl/α,β-unsaturated/α-hetero) is 1. The highest BCUT2D eigenvalue weighted by Gasteiger charge is 2.78. The van der Waals surface area contributed by atoms with Crippen molar-refractivity contribution in [2.24, 2.45) is 16.7 Å². The van der Waals surface area contributed by atoms with Gasteiger partial charge in [-0.05, 0) is 79.7 Å². The topological polar surface area (TPSA) is 175 Å². The lowest BCUT2D eigenvalue weighted by atomic mass is 9.44. The maximum absolute atomic E-state index is 15.6. The Morgan fingerprint density at radius 2 is 1.61 bits per heavy atom. The molecule has 0 radical (unpaired) electrons. The SMILES string of the molecule is CC(=O)O[C@@]12CO[C@@H]1C[C@H](O)[C@@]1(C)C(=O)[C@H](OC(=O)CN(C)C)C3=C(C)[C@@H](OC(=O)/C=C/c4ccc5ccccc5c4)C[C@@](O)([C@@H](OC(=O)c4ccccc4)[C@H]21)C3(C)C. The molecular formula is C46H51NO12. The van der Waals surface area contributed by atoms with Crippen LogP contribution in [0.2, 0.25) is 0 Å². The van der Waals surface area contributed by atoms with Crippen molar-refractivity contribution >= 4 is 46.5 Å². The number of carbonyl (C=O) groups is 5. The van der Waals surface area contributed by atoms with E-state index in [9.17, 15) is 29.4 Å². The number of carbonyl (C=O) groups excluding carboxylic acids is 5. The van der Waals surface area contributed by atoms with E-state index in [0.29, 0.717) is 5.57 Å². The van der Waals surface area contributed by atoms with Crippen LogP contribution in [0, 0.1) is 16.7 Å². The van der Waals surface area contributed by atoms with E-state index in [2.05, 4.69) is 0 Å².